The van der Waals surface area contributed by atoms with Gasteiger partial charge in [0.25, 0.3) is 0 Å². The zero-order valence-corrected chi connectivity index (χ0v) is 11.9. The highest BCUT2D eigenvalue weighted by Gasteiger charge is 2.13. The quantitative estimate of drug-likeness (QED) is 0.801. The Labute approximate surface area is 129 Å². The van der Waals surface area contributed by atoms with Gasteiger partial charge in [0.05, 0.1) is 16.3 Å². The van der Waals surface area contributed by atoms with Crippen LogP contribution >= 0.6 is 23.2 Å². The minimum atomic E-state index is -1.17. The Morgan fingerprint density at radius 2 is 1.76 bits per heavy atom. The van der Waals surface area contributed by atoms with Gasteiger partial charge in [-0.2, -0.15) is 0 Å². The van der Waals surface area contributed by atoms with Crippen LogP contribution in [0.3, 0.4) is 0 Å². The van der Waals surface area contributed by atoms with E-state index >= 15 is 0 Å². The number of aromatic nitrogens is 1. The normalized spacial score (nSPS) is 10.0. The number of carboxylic acids is 1. The molecule has 1 aromatic heterocycles. The molecule has 6 nitrogen and oxygen atoms in total. The molecule has 0 fully saturated rings. The molecule has 3 N–H and O–H groups in total. The molecule has 0 atom stereocenters. The second-order valence-corrected chi connectivity index (χ2v) is 4.81. The molecule has 108 valence electrons. The number of benzene rings is 1. The van der Waals surface area contributed by atoms with Crippen LogP contribution in [0.25, 0.3) is 0 Å². The molecule has 0 spiro atoms. The second kappa shape index (κ2) is 6.43. The maximum absolute atomic E-state index is 11.8. The third-order valence-electron chi connectivity index (χ3n) is 2.43. The third kappa shape index (κ3) is 4.08. The summed E-state index contributed by atoms with van der Waals surface area (Å²) in [7, 11) is 0. The molecule has 2 aromatic rings. The lowest BCUT2D eigenvalue weighted by Gasteiger charge is -2.10. The van der Waals surface area contributed by atoms with E-state index in [0.717, 1.165) is 0 Å². The van der Waals surface area contributed by atoms with Gasteiger partial charge in [-0.3, -0.25) is 5.32 Å². The van der Waals surface area contributed by atoms with Gasteiger partial charge >= 0.3 is 12.0 Å². The van der Waals surface area contributed by atoms with Crippen LogP contribution in [0, 0.1) is 0 Å². The molecule has 0 radical (unpaired) electrons. The summed E-state index contributed by atoms with van der Waals surface area (Å²) in [6.07, 6.45) is 1.37. The van der Waals surface area contributed by atoms with Gasteiger partial charge in [-0.05, 0) is 30.3 Å². The van der Waals surface area contributed by atoms with Crippen molar-refractivity contribution in [3.05, 3.63) is 52.1 Å². The number of hydrogen-bond acceptors (Lipinski definition) is 3. The van der Waals surface area contributed by atoms with Crippen molar-refractivity contribution in [1.29, 1.82) is 0 Å². The van der Waals surface area contributed by atoms with E-state index in [-0.39, 0.29) is 17.1 Å². The molecule has 0 aliphatic carbocycles. The van der Waals surface area contributed by atoms with E-state index < -0.39 is 12.0 Å². The molecule has 0 bridgehead atoms. The third-order valence-corrected chi connectivity index (χ3v) is 2.89. The fraction of sp³-hybridized carbons (Fsp3) is 0. The Hall–Kier alpha value is -2.31. The summed E-state index contributed by atoms with van der Waals surface area (Å²) in [5, 5.41) is 14.6. The predicted octanol–water partition coefficient (Wildman–Crippen LogP) is 3.73. The van der Waals surface area contributed by atoms with E-state index in [9.17, 15) is 9.59 Å². The van der Waals surface area contributed by atoms with Crippen molar-refractivity contribution < 1.29 is 14.7 Å². The monoisotopic (exact) mass is 325 g/mol. The number of carboxylic acid groups (broad SMARTS) is 1. The van der Waals surface area contributed by atoms with Crippen LogP contribution in [0.4, 0.5) is 16.3 Å². The lowest BCUT2D eigenvalue weighted by molar-refractivity contribution is 0.0698. The summed E-state index contributed by atoms with van der Waals surface area (Å²) in [6.45, 7) is 0. The van der Waals surface area contributed by atoms with Crippen LogP contribution in [-0.2, 0) is 0 Å². The minimum absolute atomic E-state index is 0.0707. The van der Waals surface area contributed by atoms with Gasteiger partial charge in [-0.25, -0.2) is 14.6 Å². The fourth-order valence-corrected chi connectivity index (χ4v) is 1.81. The number of aromatic carboxylic acids is 1. The number of halogens is 2. The molecular formula is C13H9Cl2N3O3. The Morgan fingerprint density at radius 3 is 2.38 bits per heavy atom. The summed E-state index contributed by atoms with van der Waals surface area (Å²) in [5.41, 5.74) is 0.0140. The first-order valence-electron chi connectivity index (χ1n) is 5.68. The van der Waals surface area contributed by atoms with Gasteiger partial charge in [0.1, 0.15) is 5.82 Å². The lowest BCUT2D eigenvalue weighted by atomic mass is 10.2. The number of rotatable bonds is 3. The number of nitrogens with one attached hydrogen (secondary N) is 2. The molecule has 1 heterocycles. The van der Waals surface area contributed by atoms with Crippen LogP contribution in [0.2, 0.25) is 10.0 Å². The molecule has 8 heteroatoms. The van der Waals surface area contributed by atoms with Crippen LogP contribution < -0.4 is 10.6 Å². The molecule has 2 rings (SSSR count). The van der Waals surface area contributed by atoms with E-state index in [0.29, 0.717) is 10.0 Å². The van der Waals surface area contributed by atoms with Crippen LogP contribution in [-0.4, -0.2) is 22.1 Å². The Morgan fingerprint density at radius 1 is 1.05 bits per heavy atom. The summed E-state index contributed by atoms with van der Waals surface area (Å²) in [4.78, 5) is 26.8. The van der Waals surface area contributed by atoms with E-state index in [1.165, 1.54) is 30.5 Å². The van der Waals surface area contributed by atoms with Crippen molar-refractivity contribution in [1.82, 2.24) is 4.98 Å². The number of carbonyl (C=O) groups excluding carboxylic acids is 1. The van der Waals surface area contributed by atoms with E-state index in [1.54, 1.807) is 6.07 Å². The number of urea groups is 1. The molecule has 0 saturated heterocycles. The van der Waals surface area contributed by atoms with Crippen molar-refractivity contribution in [2.75, 3.05) is 10.6 Å². The number of pyridine rings is 1. The van der Waals surface area contributed by atoms with E-state index in [1.807, 2.05) is 0 Å². The summed E-state index contributed by atoms with van der Waals surface area (Å²) in [6, 6.07) is 6.51. The standard InChI is InChI=1S/C13H9Cl2N3O3/c14-7-1-3-9(12(19)20)10(5-7)17-13(21)18-11-4-2-8(15)6-16-11/h1-6H,(H,19,20)(H2,16,17,18,21). The molecule has 0 saturated carbocycles. The van der Waals surface area contributed by atoms with Crippen LogP contribution in [0.1, 0.15) is 10.4 Å². The molecular weight excluding hydrogens is 317 g/mol. The van der Waals surface area contributed by atoms with E-state index in [2.05, 4.69) is 15.6 Å². The smallest absolute Gasteiger partial charge is 0.337 e. The van der Waals surface area contributed by atoms with Crippen LogP contribution in [0.15, 0.2) is 36.5 Å². The van der Waals surface area contributed by atoms with Crippen LogP contribution in [0.5, 0.6) is 0 Å². The van der Waals surface area contributed by atoms with Crippen molar-refractivity contribution >= 4 is 46.7 Å². The first-order chi connectivity index (χ1) is 9.95. The van der Waals surface area contributed by atoms with Gasteiger partial charge < -0.3 is 10.4 Å². The number of carbonyl (C=O) groups is 2. The van der Waals surface area contributed by atoms with Crippen molar-refractivity contribution in [2.45, 2.75) is 0 Å². The number of anilines is 2. The van der Waals surface area contributed by atoms with Crippen molar-refractivity contribution in [3.63, 3.8) is 0 Å². The topological polar surface area (TPSA) is 91.3 Å². The second-order valence-electron chi connectivity index (χ2n) is 3.94. The van der Waals surface area contributed by atoms with Gasteiger partial charge in [-0.15, -0.1) is 0 Å². The summed E-state index contributed by atoms with van der Waals surface area (Å²) < 4.78 is 0. The molecule has 0 unspecified atom stereocenters. The molecule has 1 aromatic carbocycles. The first kappa shape index (κ1) is 15.1. The summed E-state index contributed by atoms with van der Waals surface area (Å²) >= 11 is 11.5. The fourth-order valence-electron chi connectivity index (χ4n) is 1.53. The minimum Gasteiger partial charge on any atom is -0.478 e. The highest BCUT2D eigenvalue weighted by atomic mass is 35.5. The van der Waals surface area contributed by atoms with Gasteiger partial charge in [0.15, 0.2) is 0 Å². The molecule has 0 aliphatic heterocycles. The molecule has 21 heavy (non-hydrogen) atoms. The van der Waals surface area contributed by atoms with Crippen molar-refractivity contribution in [3.8, 4) is 0 Å². The maximum atomic E-state index is 11.8. The Kier molecular flexibility index (Phi) is 4.62. The van der Waals surface area contributed by atoms with Gasteiger partial charge in [0, 0.05) is 11.2 Å². The number of nitrogens with zero attached hydrogens (tertiary/aromatic N) is 1. The first-order valence-corrected chi connectivity index (χ1v) is 6.43. The lowest BCUT2D eigenvalue weighted by Crippen LogP contribution is -2.21. The molecule has 0 aliphatic rings. The largest absolute Gasteiger partial charge is 0.478 e. The highest BCUT2D eigenvalue weighted by Crippen LogP contribution is 2.21. The molecule has 2 amide bonds. The van der Waals surface area contributed by atoms with Crippen molar-refractivity contribution in [2.24, 2.45) is 0 Å². The number of hydrogen-bond donors (Lipinski definition) is 3. The van der Waals surface area contributed by atoms with Gasteiger partial charge in [-0.1, -0.05) is 23.2 Å². The van der Waals surface area contributed by atoms with E-state index in [4.69, 9.17) is 28.3 Å². The Bertz CT molecular complexity index is 690. The Balaban J connectivity index is 2.14. The average molecular weight is 326 g/mol. The highest BCUT2D eigenvalue weighted by molar-refractivity contribution is 6.31. The average Bonchev–Trinajstić information content (AvgIpc) is 2.41. The predicted molar refractivity (Wildman–Crippen MR) is 80.3 cm³/mol. The maximum Gasteiger partial charge on any atom is 0.337 e. The zero-order chi connectivity index (χ0) is 15.4. The zero-order valence-electron chi connectivity index (χ0n) is 10.4. The summed E-state index contributed by atoms with van der Waals surface area (Å²) in [5.74, 6) is -0.901. The SMILES string of the molecule is O=C(Nc1ccc(Cl)cn1)Nc1cc(Cl)ccc1C(=O)O. The van der Waals surface area contributed by atoms with Gasteiger partial charge in [0.2, 0.25) is 0 Å². The number of amides is 2.